The molecule has 1 saturated heterocycles. The summed E-state index contributed by atoms with van der Waals surface area (Å²) < 4.78 is 5.29. The molecule has 2 N–H and O–H groups in total. The number of likely N-dealkylation sites (tertiary alicyclic amines) is 1. The number of nitrogens with zero attached hydrogens (tertiary/aromatic N) is 1. The molecule has 2 aliphatic rings. The van der Waals surface area contributed by atoms with Crippen molar-refractivity contribution >= 4 is 5.91 Å². The summed E-state index contributed by atoms with van der Waals surface area (Å²) in [6.07, 6.45) is 5.83. The van der Waals surface area contributed by atoms with Gasteiger partial charge in [0.15, 0.2) is 0 Å². The molecule has 3 rings (SSSR count). The van der Waals surface area contributed by atoms with Gasteiger partial charge in [-0.15, -0.1) is 0 Å². The molecular weight excluding hydrogens is 328 g/mol. The van der Waals surface area contributed by atoms with Crippen molar-refractivity contribution in [3.63, 3.8) is 0 Å². The molecule has 1 aromatic carbocycles. The molecule has 5 nitrogen and oxygen atoms in total. The zero-order valence-corrected chi connectivity index (χ0v) is 16.0. The van der Waals surface area contributed by atoms with Crippen LogP contribution in [0.3, 0.4) is 0 Å². The van der Waals surface area contributed by atoms with Gasteiger partial charge in [0, 0.05) is 25.0 Å². The summed E-state index contributed by atoms with van der Waals surface area (Å²) in [5, 5.41) is 14.3. The second-order valence-corrected chi connectivity index (χ2v) is 7.74. The van der Waals surface area contributed by atoms with E-state index >= 15 is 0 Å². The van der Waals surface area contributed by atoms with E-state index in [9.17, 15) is 9.90 Å². The molecule has 5 heteroatoms. The molecule has 144 valence electrons. The van der Waals surface area contributed by atoms with Crippen LogP contribution in [0.15, 0.2) is 24.3 Å². The molecule has 3 atom stereocenters. The number of benzene rings is 1. The fraction of sp³-hybridized carbons (Fsp3) is 0.667. The van der Waals surface area contributed by atoms with E-state index in [1.165, 1.54) is 5.56 Å². The van der Waals surface area contributed by atoms with Crippen molar-refractivity contribution in [2.45, 2.75) is 57.1 Å². The molecule has 26 heavy (non-hydrogen) atoms. The fourth-order valence-corrected chi connectivity index (χ4v) is 4.67. The van der Waals surface area contributed by atoms with Crippen LogP contribution in [0.5, 0.6) is 5.75 Å². The molecule has 1 heterocycles. The molecule has 1 aliphatic heterocycles. The van der Waals surface area contributed by atoms with E-state index in [0.717, 1.165) is 50.8 Å². The largest absolute Gasteiger partial charge is 0.497 e. The summed E-state index contributed by atoms with van der Waals surface area (Å²) in [5.41, 5.74) is 0.568. The van der Waals surface area contributed by atoms with Crippen molar-refractivity contribution in [3.8, 4) is 5.75 Å². The maximum atomic E-state index is 12.4. The first-order valence-corrected chi connectivity index (χ1v) is 9.94. The van der Waals surface area contributed by atoms with Crippen LogP contribution in [0.2, 0.25) is 0 Å². The van der Waals surface area contributed by atoms with Gasteiger partial charge in [-0.05, 0) is 43.4 Å². The van der Waals surface area contributed by atoms with E-state index in [4.69, 9.17) is 4.74 Å². The predicted octanol–water partition coefficient (Wildman–Crippen LogP) is 2.89. The van der Waals surface area contributed by atoms with E-state index in [0.29, 0.717) is 13.1 Å². The van der Waals surface area contributed by atoms with Crippen LogP contribution < -0.4 is 10.1 Å². The van der Waals surface area contributed by atoms with Gasteiger partial charge in [0.25, 0.3) is 0 Å². The Kier molecular flexibility index (Phi) is 6.20. The number of carbonyl (C=O) groups is 1. The van der Waals surface area contributed by atoms with Crippen LogP contribution in [-0.2, 0) is 4.79 Å². The number of methoxy groups -OCH3 is 1. The maximum Gasteiger partial charge on any atom is 0.234 e. The number of rotatable bonds is 6. The molecule has 0 aromatic heterocycles. The first kappa shape index (κ1) is 19.2. The minimum atomic E-state index is -0.598. The summed E-state index contributed by atoms with van der Waals surface area (Å²) in [4.78, 5) is 14.6. The van der Waals surface area contributed by atoms with Gasteiger partial charge in [0.2, 0.25) is 5.91 Å². The Morgan fingerprint density at radius 1 is 1.31 bits per heavy atom. The Hall–Kier alpha value is -1.59. The smallest absolute Gasteiger partial charge is 0.234 e. The van der Waals surface area contributed by atoms with E-state index in [1.54, 1.807) is 7.11 Å². The number of piperidine rings is 1. The number of nitrogens with one attached hydrogen (secondary N) is 1. The van der Waals surface area contributed by atoms with Crippen LogP contribution in [0.25, 0.3) is 0 Å². The Bertz CT molecular complexity index is 604. The number of aliphatic hydroxyl groups is 1. The Morgan fingerprint density at radius 2 is 2.08 bits per heavy atom. The number of hydrogen-bond donors (Lipinski definition) is 2. The summed E-state index contributed by atoms with van der Waals surface area (Å²) >= 11 is 0. The van der Waals surface area contributed by atoms with Gasteiger partial charge in [0.05, 0.1) is 19.3 Å². The molecule has 0 radical (unpaired) electrons. The zero-order chi connectivity index (χ0) is 18.6. The molecule has 2 fully saturated rings. The summed E-state index contributed by atoms with van der Waals surface area (Å²) in [5.74, 6) is 1.08. The van der Waals surface area contributed by atoms with E-state index in [2.05, 4.69) is 29.3 Å². The molecule has 0 unspecified atom stereocenters. The predicted molar refractivity (Wildman–Crippen MR) is 102 cm³/mol. The Morgan fingerprint density at radius 3 is 2.77 bits per heavy atom. The van der Waals surface area contributed by atoms with Gasteiger partial charge in [-0.25, -0.2) is 0 Å². The highest BCUT2D eigenvalue weighted by Gasteiger charge is 2.49. The van der Waals surface area contributed by atoms with Crippen molar-refractivity contribution in [1.29, 1.82) is 0 Å². The van der Waals surface area contributed by atoms with Crippen molar-refractivity contribution in [1.82, 2.24) is 10.2 Å². The Balaban J connectivity index is 1.85. The van der Waals surface area contributed by atoms with Crippen molar-refractivity contribution < 1.29 is 14.6 Å². The van der Waals surface area contributed by atoms with Crippen LogP contribution in [0, 0.1) is 5.92 Å². The van der Waals surface area contributed by atoms with Crippen LogP contribution >= 0.6 is 0 Å². The summed E-state index contributed by atoms with van der Waals surface area (Å²) in [6.45, 7) is 3.92. The third-order valence-electron chi connectivity index (χ3n) is 6.05. The lowest BCUT2D eigenvalue weighted by molar-refractivity contribution is -0.137. The number of fused-ring (bicyclic) bond motifs is 1. The second-order valence-electron chi connectivity index (χ2n) is 7.74. The highest BCUT2D eigenvalue weighted by Crippen LogP contribution is 2.49. The molecule has 0 bridgehead atoms. The third kappa shape index (κ3) is 4.04. The van der Waals surface area contributed by atoms with Crippen LogP contribution in [0.4, 0.5) is 0 Å². The van der Waals surface area contributed by atoms with Crippen molar-refractivity contribution in [2.24, 2.45) is 5.92 Å². The molecule has 1 aromatic rings. The van der Waals surface area contributed by atoms with Crippen LogP contribution in [0.1, 0.15) is 57.1 Å². The molecular formula is C21H32N2O3. The van der Waals surface area contributed by atoms with Gasteiger partial charge in [-0.2, -0.15) is 0 Å². The van der Waals surface area contributed by atoms with Gasteiger partial charge in [-0.1, -0.05) is 31.9 Å². The van der Waals surface area contributed by atoms with Crippen molar-refractivity contribution in [3.05, 3.63) is 29.8 Å². The quantitative estimate of drug-likeness (QED) is 0.819. The molecule has 1 aliphatic carbocycles. The monoisotopic (exact) mass is 360 g/mol. The Labute approximate surface area is 156 Å². The number of hydrogen-bond acceptors (Lipinski definition) is 4. The number of ether oxygens (including phenoxy) is 1. The first-order valence-electron chi connectivity index (χ1n) is 9.94. The molecule has 1 amide bonds. The SMILES string of the molecule is CCCNC(=O)CN1CC[C@@]2(O)CCCC[C@H]2[C@@H]1c1ccc(OC)cc1. The van der Waals surface area contributed by atoms with Gasteiger partial charge < -0.3 is 15.2 Å². The summed E-state index contributed by atoms with van der Waals surface area (Å²) in [7, 11) is 1.67. The maximum absolute atomic E-state index is 12.4. The molecule has 0 spiro atoms. The topological polar surface area (TPSA) is 61.8 Å². The minimum Gasteiger partial charge on any atom is -0.497 e. The second kappa shape index (κ2) is 8.40. The lowest BCUT2D eigenvalue weighted by atomic mass is 9.66. The average Bonchev–Trinajstić information content (AvgIpc) is 2.66. The highest BCUT2D eigenvalue weighted by molar-refractivity contribution is 5.78. The van der Waals surface area contributed by atoms with E-state index in [1.807, 2.05) is 12.1 Å². The highest BCUT2D eigenvalue weighted by atomic mass is 16.5. The van der Waals surface area contributed by atoms with Crippen molar-refractivity contribution in [2.75, 3.05) is 26.7 Å². The lowest BCUT2D eigenvalue weighted by Gasteiger charge is -2.52. The first-order chi connectivity index (χ1) is 12.6. The number of carbonyl (C=O) groups excluding carboxylic acids is 1. The zero-order valence-electron chi connectivity index (χ0n) is 16.0. The lowest BCUT2D eigenvalue weighted by Crippen LogP contribution is -2.56. The van der Waals surface area contributed by atoms with Gasteiger partial charge >= 0.3 is 0 Å². The van der Waals surface area contributed by atoms with Gasteiger partial charge in [-0.3, -0.25) is 9.69 Å². The number of amides is 1. The minimum absolute atomic E-state index is 0.0756. The molecule has 1 saturated carbocycles. The average molecular weight is 360 g/mol. The van der Waals surface area contributed by atoms with E-state index < -0.39 is 5.60 Å². The van der Waals surface area contributed by atoms with Crippen LogP contribution in [-0.4, -0.2) is 48.3 Å². The summed E-state index contributed by atoms with van der Waals surface area (Å²) in [6, 6.07) is 8.19. The third-order valence-corrected chi connectivity index (χ3v) is 6.05. The van der Waals surface area contributed by atoms with E-state index in [-0.39, 0.29) is 17.9 Å². The van der Waals surface area contributed by atoms with Gasteiger partial charge in [0.1, 0.15) is 5.75 Å². The fourth-order valence-electron chi connectivity index (χ4n) is 4.67. The standard InChI is InChI=1S/C21H32N2O3/c1-3-13-22-19(24)15-23-14-12-21(25)11-5-4-6-18(21)20(23)16-7-9-17(26-2)10-8-16/h7-10,18,20,25H,3-6,11-15H2,1-2H3,(H,22,24)/t18-,20-,21-/m0/s1. The normalized spacial score (nSPS) is 29.0.